The van der Waals surface area contributed by atoms with E-state index in [1.54, 1.807) is 0 Å². The van der Waals surface area contributed by atoms with Gasteiger partial charge in [-0.25, -0.2) is 9.78 Å². The predicted molar refractivity (Wildman–Crippen MR) is 133 cm³/mol. The molecule has 5 amide bonds. The molecule has 192 valence electrons. The van der Waals surface area contributed by atoms with Crippen LogP contribution in [0.1, 0.15) is 53.9 Å². The van der Waals surface area contributed by atoms with Gasteiger partial charge in [-0.3, -0.25) is 19.4 Å². The van der Waals surface area contributed by atoms with Crippen LogP contribution in [0.3, 0.4) is 0 Å². The molecule has 1 aliphatic carbocycles. The molecule has 1 aliphatic heterocycles. The molecule has 0 radical (unpaired) electrons. The van der Waals surface area contributed by atoms with Gasteiger partial charge in [0.25, 0.3) is 5.91 Å². The van der Waals surface area contributed by atoms with Crippen LogP contribution in [-0.4, -0.2) is 69.3 Å². The molecule has 2 aromatic rings. The first kappa shape index (κ1) is 25.5. The van der Waals surface area contributed by atoms with Crippen molar-refractivity contribution in [3.63, 3.8) is 0 Å². The summed E-state index contributed by atoms with van der Waals surface area (Å²) < 4.78 is 0. The molecule has 3 heterocycles. The van der Waals surface area contributed by atoms with Crippen molar-refractivity contribution in [2.45, 2.75) is 69.1 Å². The average molecular weight is 514 g/mol. The number of hydrogen-bond acceptors (Lipinski definition) is 7. The topological polar surface area (TPSA) is 159 Å². The second-order valence-corrected chi connectivity index (χ2v) is 10.2. The Labute approximate surface area is 213 Å². The van der Waals surface area contributed by atoms with E-state index < -0.39 is 35.8 Å². The number of likely N-dealkylation sites (tertiary alicyclic amines) is 1. The third-order valence-electron chi connectivity index (χ3n) is 6.61. The van der Waals surface area contributed by atoms with Crippen LogP contribution in [0, 0.1) is 0 Å². The Morgan fingerprint density at radius 1 is 1.11 bits per heavy atom. The van der Waals surface area contributed by atoms with Crippen molar-refractivity contribution in [3.8, 4) is 0 Å². The SMILES string of the molecule is NC(=O)C(Cc1cccs1)NC(=O)C1C(NC(=O)NC2CCCCC2)CCN1C(=O)c1cnccn1. The van der Waals surface area contributed by atoms with Gasteiger partial charge in [0, 0.05) is 36.3 Å². The van der Waals surface area contributed by atoms with Gasteiger partial charge in [-0.15, -0.1) is 11.3 Å². The first-order valence-corrected chi connectivity index (χ1v) is 13.1. The number of primary amides is 1. The third-order valence-corrected chi connectivity index (χ3v) is 7.51. The number of rotatable bonds is 8. The lowest BCUT2D eigenvalue weighted by atomic mass is 9.96. The number of thiophene rings is 1. The molecule has 3 atom stereocenters. The summed E-state index contributed by atoms with van der Waals surface area (Å²) in [7, 11) is 0. The first-order chi connectivity index (χ1) is 17.4. The zero-order valence-corrected chi connectivity index (χ0v) is 20.7. The highest BCUT2D eigenvalue weighted by molar-refractivity contribution is 7.09. The maximum atomic E-state index is 13.5. The second kappa shape index (κ2) is 11.9. The minimum absolute atomic E-state index is 0.0904. The van der Waals surface area contributed by atoms with Gasteiger partial charge in [0.15, 0.2) is 0 Å². The molecule has 36 heavy (non-hydrogen) atoms. The monoisotopic (exact) mass is 513 g/mol. The number of aromatic nitrogens is 2. The normalized spacial score (nSPS) is 20.9. The van der Waals surface area contributed by atoms with Crippen molar-refractivity contribution in [1.29, 1.82) is 0 Å². The summed E-state index contributed by atoms with van der Waals surface area (Å²) in [6.45, 7) is 0.230. The fourth-order valence-corrected chi connectivity index (χ4v) is 5.56. The van der Waals surface area contributed by atoms with E-state index in [0.29, 0.717) is 6.42 Å². The Balaban J connectivity index is 1.50. The number of nitrogens with one attached hydrogen (secondary N) is 3. The number of carbonyl (C=O) groups is 4. The Kier molecular flexibility index (Phi) is 8.47. The molecule has 4 rings (SSSR count). The van der Waals surface area contributed by atoms with E-state index in [1.807, 2.05) is 17.5 Å². The number of nitrogens with two attached hydrogens (primary N) is 1. The van der Waals surface area contributed by atoms with Gasteiger partial charge in [-0.1, -0.05) is 25.3 Å². The van der Waals surface area contributed by atoms with Crippen LogP contribution in [-0.2, 0) is 16.0 Å². The van der Waals surface area contributed by atoms with E-state index in [9.17, 15) is 19.2 Å². The van der Waals surface area contributed by atoms with Gasteiger partial charge in [0.05, 0.1) is 12.2 Å². The van der Waals surface area contributed by atoms with Crippen molar-refractivity contribution in [2.24, 2.45) is 5.73 Å². The van der Waals surface area contributed by atoms with Crippen LogP contribution in [0.2, 0.25) is 0 Å². The van der Waals surface area contributed by atoms with E-state index in [0.717, 1.165) is 37.0 Å². The first-order valence-electron chi connectivity index (χ1n) is 12.2. The van der Waals surface area contributed by atoms with E-state index in [1.165, 1.54) is 34.8 Å². The highest BCUT2D eigenvalue weighted by atomic mass is 32.1. The highest BCUT2D eigenvalue weighted by Crippen LogP contribution is 2.22. The number of carbonyl (C=O) groups excluding carboxylic acids is 4. The molecular weight excluding hydrogens is 482 g/mol. The van der Waals surface area contributed by atoms with Crippen molar-refractivity contribution in [1.82, 2.24) is 30.8 Å². The lowest BCUT2D eigenvalue weighted by molar-refractivity contribution is -0.130. The Hall–Kier alpha value is -3.54. The zero-order chi connectivity index (χ0) is 25.5. The highest BCUT2D eigenvalue weighted by Gasteiger charge is 2.44. The summed E-state index contributed by atoms with van der Waals surface area (Å²) in [6.07, 6.45) is 9.93. The van der Waals surface area contributed by atoms with Gasteiger partial charge < -0.3 is 26.6 Å². The van der Waals surface area contributed by atoms with Crippen LogP contribution < -0.4 is 21.7 Å². The van der Waals surface area contributed by atoms with Crippen molar-refractivity contribution < 1.29 is 19.2 Å². The molecule has 2 aromatic heterocycles. The summed E-state index contributed by atoms with van der Waals surface area (Å²) in [5.41, 5.74) is 5.67. The van der Waals surface area contributed by atoms with Crippen molar-refractivity contribution in [3.05, 3.63) is 46.7 Å². The molecule has 1 saturated carbocycles. The largest absolute Gasteiger partial charge is 0.368 e. The molecule has 2 aliphatic rings. The van der Waals surface area contributed by atoms with Crippen LogP contribution in [0.25, 0.3) is 0 Å². The number of urea groups is 1. The molecule has 5 N–H and O–H groups in total. The van der Waals surface area contributed by atoms with E-state index in [2.05, 4.69) is 25.9 Å². The molecule has 2 fully saturated rings. The molecule has 1 saturated heterocycles. The molecule has 3 unspecified atom stereocenters. The van der Waals surface area contributed by atoms with E-state index in [4.69, 9.17) is 5.73 Å². The van der Waals surface area contributed by atoms with Crippen molar-refractivity contribution in [2.75, 3.05) is 6.54 Å². The summed E-state index contributed by atoms with van der Waals surface area (Å²) in [5, 5.41) is 10.5. The van der Waals surface area contributed by atoms with Gasteiger partial charge in [-0.2, -0.15) is 0 Å². The van der Waals surface area contributed by atoms with Crippen molar-refractivity contribution >= 4 is 35.1 Å². The molecule has 12 heteroatoms. The van der Waals surface area contributed by atoms with E-state index >= 15 is 0 Å². The molecular formula is C24H31N7O4S. The molecule has 0 bridgehead atoms. The summed E-state index contributed by atoms with van der Waals surface area (Å²) in [4.78, 5) is 61.9. The fraction of sp³-hybridized carbons (Fsp3) is 0.500. The Morgan fingerprint density at radius 2 is 1.92 bits per heavy atom. The standard InChI is InChI=1S/C24H31N7O4S/c25-21(32)18(13-16-7-4-12-36-16)29-22(33)20-17(30-24(35)28-15-5-2-1-3-6-15)8-11-31(20)23(34)19-14-26-9-10-27-19/h4,7,9-10,12,14-15,17-18,20H,1-3,5-6,8,11,13H2,(H2,25,32)(H,29,33)(H2,28,30,35). The number of hydrogen-bond donors (Lipinski definition) is 4. The lowest BCUT2D eigenvalue weighted by Gasteiger charge is -2.29. The molecule has 11 nitrogen and oxygen atoms in total. The molecule has 0 aromatic carbocycles. The minimum atomic E-state index is -1.04. The van der Waals surface area contributed by atoms with Gasteiger partial charge in [0.2, 0.25) is 11.8 Å². The Morgan fingerprint density at radius 3 is 2.58 bits per heavy atom. The lowest BCUT2D eigenvalue weighted by Crippen LogP contribution is -2.59. The fourth-order valence-electron chi connectivity index (χ4n) is 4.80. The van der Waals surface area contributed by atoms with Crippen LogP contribution >= 0.6 is 11.3 Å². The second-order valence-electron chi connectivity index (χ2n) is 9.13. The predicted octanol–water partition coefficient (Wildman–Crippen LogP) is 0.966. The summed E-state index contributed by atoms with van der Waals surface area (Å²) in [5.74, 6) is -1.72. The number of nitrogens with zero attached hydrogens (tertiary/aromatic N) is 3. The summed E-state index contributed by atoms with van der Waals surface area (Å²) >= 11 is 1.45. The van der Waals surface area contributed by atoms with Gasteiger partial charge >= 0.3 is 6.03 Å². The van der Waals surface area contributed by atoms with Gasteiger partial charge in [0.1, 0.15) is 17.8 Å². The maximum Gasteiger partial charge on any atom is 0.315 e. The van der Waals surface area contributed by atoms with Gasteiger partial charge in [-0.05, 0) is 30.7 Å². The van der Waals surface area contributed by atoms with Crippen LogP contribution in [0.15, 0.2) is 36.1 Å². The summed E-state index contributed by atoms with van der Waals surface area (Å²) in [6, 6.07) is 0.779. The maximum absolute atomic E-state index is 13.5. The van der Waals surface area contributed by atoms with Crippen LogP contribution in [0.4, 0.5) is 4.79 Å². The van der Waals surface area contributed by atoms with Crippen LogP contribution in [0.5, 0.6) is 0 Å². The smallest absolute Gasteiger partial charge is 0.315 e. The van der Waals surface area contributed by atoms with E-state index in [-0.39, 0.29) is 30.7 Å². The Bertz CT molecular complexity index is 1060. The molecule has 0 spiro atoms. The average Bonchev–Trinajstić information content (AvgIpc) is 3.54. The quantitative estimate of drug-likeness (QED) is 0.411. The third kappa shape index (κ3) is 6.36. The zero-order valence-electron chi connectivity index (χ0n) is 19.9. The number of amides is 5. The minimum Gasteiger partial charge on any atom is -0.368 e.